The molecular formula is C19H21N3O2S2. The number of benzene rings is 2. The fraction of sp³-hybridized carbons (Fsp3) is 0.211. The Kier molecular flexibility index (Phi) is 5.50. The molecule has 0 N–H and O–H groups in total. The molecule has 0 spiro atoms. The molecule has 0 aliphatic heterocycles. The van der Waals surface area contributed by atoms with Gasteiger partial charge < -0.3 is 4.57 Å². The van der Waals surface area contributed by atoms with Gasteiger partial charge in [0, 0.05) is 26.4 Å². The SMILES string of the molecule is C=CCn1c(SCc2cccc(S(=O)(=O)N(C)C)c2)nc2ccccc21. The molecule has 7 heteroatoms. The Hall–Kier alpha value is -2.09. The second-order valence-electron chi connectivity index (χ2n) is 6.01. The zero-order valence-electron chi connectivity index (χ0n) is 14.8. The molecule has 2 aromatic carbocycles. The molecule has 0 saturated carbocycles. The van der Waals surface area contributed by atoms with Crippen molar-refractivity contribution < 1.29 is 8.42 Å². The van der Waals surface area contributed by atoms with Crippen LogP contribution in [-0.2, 0) is 22.3 Å². The number of hydrogen-bond donors (Lipinski definition) is 0. The van der Waals surface area contributed by atoms with Gasteiger partial charge in [0.2, 0.25) is 10.0 Å². The van der Waals surface area contributed by atoms with Gasteiger partial charge in [-0.15, -0.1) is 6.58 Å². The summed E-state index contributed by atoms with van der Waals surface area (Å²) in [6, 6.07) is 15.1. The van der Waals surface area contributed by atoms with Crippen LogP contribution in [0.3, 0.4) is 0 Å². The molecule has 1 aromatic heterocycles. The summed E-state index contributed by atoms with van der Waals surface area (Å²) in [5.74, 6) is 0.636. The first-order chi connectivity index (χ1) is 12.4. The second kappa shape index (κ2) is 7.65. The Labute approximate surface area is 158 Å². The molecule has 0 aliphatic carbocycles. The highest BCUT2D eigenvalue weighted by molar-refractivity contribution is 7.98. The molecule has 0 bridgehead atoms. The van der Waals surface area contributed by atoms with Crippen LogP contribution in [0.5, 0.6) is 0 Å². The first-order valence-electron chi connectivity index (χ1n) is 8.14. The number of sulfonamides is 1. The third-order valence-electron chi connectivity index (χ3n) is 3.98. The Morgan fingerprint density at radius 1 is 1.19 bits per heavy atom. The minimum Gasteiger partial charge on any atom is -0.315 e. The molecule has 0 amide bonds. The summed E-state index contributed by atoms with van der Waals surface area (Å²) in [6.45, 7) is 4.51. The van der Waals surface area contributed by atoms with E-state index in [1.165, 1.54) is 18.4 Å². The molecule has 0 aliphatic rings. The van der Waals surface area contributed by atoms with Crippen molar-refractivity contribution in [3.63, 3.8) is 0 Å². The lowest BCUT2D eigenvalue weighted by molar-refractivity contribution is 0.520. The lowest BCUT2D eigenvalue weighted by Gasteiger charge is -2.12. The zero-order chi connectivity index (χ0) is 18.7. The lowest BCUT2D eigenvalue weighted by atomic mass is 10.2. The third kappa shape index (κ3) is 3.70. The maximum Gasteiger partial charge on any atom is 0.242 e. The van der Waals surface area contributed by atoms with Crippen LogP contribution in [0, 0.1) is 0 Å². The molecular weight excluding hydrogens is 366 g/mol. The lowest BCUT2D eigenvalue weighted by Crippen LogP contribution is -2.22. The first kappa shape index (κ1) is 18.7. The normalized spacial score (nSPS) is 12.0. The summed E-state index contributed by atoms with van der Waals surface area (Å²) in [7, 11) is -0.357. The first-order valence-corrected chi connectivity index (χ1v) is 10.6. The van der Waals surface area contributed by atoms with E-state index in [4.69, 9.17) is 4.98 Å². The summed E-state index contributed by atoms with van der Waals surface area (Å²) in [5, 5.41) is 0.895. The number of rotatable bonds is 7. The zero-order valence-corrected chi connectivity index (χ0v) is 16.4. The highest BCUT2D eigenvalue weighted by Gasteiger charge is 2.17. The second-order valence-corrected chi connectivity index (χ2v) is 9.10. The molecule has 0 atom stereocenters. The Morgan fingerprint density at radius 2 is 1.96 bits per heavy atom. The minimum absolute atomic E-state index is 0.306. The molecule has 3 aromatic rings. The maximum absolute atomic E-state index is 12.3. The van der Waals surface area contributed by atoms with Gasteiger partial charge in [-0.3, -0.25) is 0 Å². The number of allylic oxidation sites excluding steroid dienone is 1. The summed E-state index contributed by atoms with van der Waals surface area (Å²) in [4.78, 5) is 5.00. The Balaban J connectivity index is 1.87. The number of hydrogen-bond acceptors (Lipinski definition) is 4. The Bertz CT molecular complexity index is 1040. The van der Waals surface area contributed by atoms with Crippen molar-refractivity contribution in [2.24, 2.45) is 0 Å². The van der Waals surface area contributed by atoms with Crippen LogP contribution >= 0.6 is 11.8 Å². The van der Waals surface area contributed by atoms with Crippen LogP contribution in [0.4, 0.5) is 0 Å². The van der Waals surface area contributed by atoms with Crippen LogP contribution in [0.15, 0.2) is 71.2 Å². The third-order valence-corrected chi connectivity index (χ3v) is 6.83. The number of thioether (sulfide) groups is 1. The fourth-order valence-corrected chi connectivity index (χ4v) is 4.56. The van der Waals surface area contributed by atoms with E-state index in [1.807, 2.05) is 36.4 Å². The smallest absolute Gasteiger partial charge is 0.242 e. The van der Waals surface area contributed by atoms with Gasteiger partial charge in [-0.05, 0) is 29.8 Å². The van der Waals surface area contributed by atoms with Crippen molar-refractivity contribution in [1.29, 1.82) is 0 Å². The molecule has 1 heterocycles. The van der Waals surface area contributed by atoms with E-state index >= 15 is 0 Å². The molecule has 3 rings (SSSR count). The van der Waals surface area contributed by atoms with Crippen molar-refractivity contribution in [3.05, 3.63) is 66.7 Å². The quantitative estimate of drug-likeness (QED) is 0.457. The molecule has 0 fully saturated rings. The topological polar surface area (TPSA) is 55.2 Å². The van der Waals surface area contributed by atoms with E-state index in [0.717, 1.165) is 21.8 Å². The fourth-order valence-electron chi connectivity index (χ4n) is 2.62. The van der Waals surface area contributed by atoms with Gasteiger partial charge in [-0.25, -0.2) is 17.7 Å². The Morgan fingerprint density at radius 3 is 2.69 bits per heavy atom. The monoisotopic (exact) mass is 387 g/mol. The maximum atomic E-state index is 12.3. The molecule has 26 heavy (non-hydrogen) atoms. The summed E-state index contributed by atoms with van der Waals surface area (Å²) in [5.41, 5.74) is 2.95. The predicted octanol–water partition coefficient (Wildman–Crippen LogP) is 3.76. The number of aromatic nitrogens is 2. The summed E-state index contributed by atoms with van der Waals surface area (Å²) < 4.78 is 28.0. The molecule has 0 radical (unpaired) electrons. The van der Waals surface area contributed by atoms with E-state index < -0.39 is 10.0 Å². The summed E-state index contributed by atoms with van der Waals surface area (Å²) in [6.07, 6.45) is 1.85. The van der Waals surface area contributed by atoms with Crippen LogP contribution in [0.2, 0.25) is 0 Å². The number of fused-ring (bicyclic) bond motifs is 1. The highest BCUT2D eigenvalue weighted by Crippen LogP contribution is 2.27. The van der Waals surface area contributed by atoms with E-state index in [2.05, 4.69) is 11.1 Å². The van der Waals surface area contributed by atoms with Crippen molar-refractivity contribution in [3.8, 4) is 0 Å². The van der Waals surface area contributed by atoms with E-state index in [-0.39, 0.29) is 0 Å². The van der Waals surface area contributed by atoms with Crippen LogP contribution in [0.1, 0.15) is 5.56 Å². The van der Waals surface area contributed by atoms with E-state index in [0.29, 0.717) is 17.2 Å². The number of imidazole rings is 1. The van der Waals surface area contributed by atoms with Gasteiger partial charge in [0.05, 0.1) is 15.9 Å². The van der Waals surface area contributed by atoms with Gasteiger partial charge in [0.25, 0.3) is 0 Å². The standard InChI is InChI=1S/C19H21N3O2S2/c1-4-12-22-18-11-6-5-10-17(18)20-19(22)25-14-15-8-7-9-16(13-15)26(23,24)21(2)3/h4-11,13H,1,12,14H2,2-3H3. The molecule has 136 valence electrons. The van der Waals surface area contributed by atoms with Gasteiger partial charge in [-0.1, -0.05) is 42.1 Å². The van der Waals surface area contributed by atoms with E-state index in [1.54, 1.807) is 30.0 Å². The van der Waals surface area contributed by atoms with Crippen LogP contribution in [-0.4, -0.2) is 36.4 Å². The van der Waals surface area contributed by atoms with Gasteiger partial charge in [-0.2, -0.15) is 0 Å². The van der Waals surface area contributed by atoms with Crippen molar-refractivity contribution in [1.82, 2.24) is 13.9 Å². The number of para-hydroxylation sites is 2. The average molecular weight is 388 g/mol. The molecule has 0 saturated heterocycles. The molecule has 0 unspecified atom stereocenters. The average Bonchev–Trinajstić information content (AvgIpc) is 2.98. The predicted molar refractivity (Wildman–Crippen MR) is 107 cm³/mol. The van der Waals surface area contributed by atoms with Gasteiger partial charge in [0.15, 0.2) is 5.16 Å². The van der Waals surface area contributed by atoms with Crippen molar-refractivity contribution in [2.45, 2.75) is 22.3 Å². The van der Waals surface area contributed by atoms with Gasteiger partial charge in [0.1, 0.15) is 0 Å². The van der Waals surface area contributed by atoms with Crippen molar-refractivity contribution >= 4 is 32.8 Å². The highest BCUT2D eigenvalue weighted by atomic mass is 32.2. The van der Waals surface area contributed by atoms with Crippen molar-refractivity contribution in [2.75, 3.05) is 14.1 Å². The minimum atomic E-state index is -3.43. The largest absolute Gasteiger partial charge is 0.315 e. The van der Waals surface area contributed by atoms with Crippen LogP contribution in [0.25, 0.3) is 11.0 Å². The van der Waals surface area contributed by atoms with Crippen LogP contribution < -0.4 is 0 Å². The van der Waals surface area contributed by atoms with Gasteiger partial charge >= 0.3 is 0 Å². The number of nitrogens with zero attached hydrogens (tertiary/aromatic N) is 3. The summed E-state index contributed by atoms with van der Waals surface area (Å²) >= 11 is 1.59. The molecule has 5 nitrogen and oxygen atoms in total. The van der Waals surface area contributed by atoms with E-state index in [9.17, 15) is 8.42 Å².